The number of ether oxygens (including phenoxy) is 2. The normalized spacial score (nSPS) is 40.0. The minimum Gasteiger partial charge on any atom is -0.506 e. The van der Waals surface area contributed by atoms with Crippen LogP contribution in [0.15, 0.2) is 72.8 Å². The van der Waals surface area contributed by atoms with Crippen LogP contribution >= 0.6 is 0 Å². The molecule has 12 aliphatic carbocycles. The topological polar surface area (TPSA) is 111 Å². The zero-order valence-electron chi connectivity index (χ0n) is 35.1. The van der Waals surface area contributed by atoms with E-state index in [1.54, 1.807) is 24.3 Å². The molecule has 0 radical (unpaired) electrons. The van der Waals surface area contributed by atoms with Crippen molar-refractivity contribution < 1.29 is 19.7 Å². The van der Waals surface area contributed by atoms with Crippen LogP contribution in [0.2, 0.25) is 0 Å². The fourth-order valence-corrected chi connectivity index (χ4v) is 17.9. The molecule has 60 heavy (non-hydrogen) atoms. The minimum absolute atomic E-state index is 0.0727. The molecule has 6 N–H and O–H groups in total. The molecule has 4 aromatic rings. The fraction of sp³-hybridized carbons (Fsp3) is 0.556. The van der Waals surface area contributed by atoms with Gasteiger partial charge in [-0.15, -0.1) is 0 Å². The molecule has 12 saturated carbocycles. The Kier molecular flexibility index (Phi) is 7.79. The van der Waals surface area contributed by atoms with Crippen LogP contribution in [-0.2, 0) is 16.2 Å². The molecule has 0 unspecified atom stereocenters. The van der Waals surface area contributed by atoms with E-state index in [1.807, 2.05) is 12.1 Å². The number of hydrogen-bond donors (Lipinski definition) is 4. The van der Waals surface area contributed by atoms with Gasteiger partial charge in [0.05, 0.1) is 11.4 Å². The van der Waals surface area contributed by atoms with Gasteiger partial charge in [-0.3, -0.25) is 0 Å². The summed E-state index contributed by atoms with van der Waals surface area (Å²) < 4.78 is 13.8. The average molecular weight is 803 g/mol. The van der Waals surface area contributed by atoms with E-state index >= 15 is 0 Å². The van der Waals surface area contributed by atoms with E-state index in [-0.39, 0.29) is 27.7 Å². The van der Waals surface area contributed by atoms with Gasteiger partial charge in [0.2, 0.25) is 0 Å². The predicted molar refractivity (Wildman–Crippen MR) is 236 cm³/mol. The number of phenolic OH excluding ortho intramolecular Hbond substituents is 2. The summed E-state index contributed by atoms with van der Waals surface area (Å²) in [5.74, 6) is 11.1. The summed E-state index contributed by atoms with van der Waals surface area (Å²) >= 11 is 0. The average Bonchev–Trinajstić information content (AvgIpc) is 3.20. The Morgan fingerprint density at radius 3 is 1.12 bits per heavy atom. The summed E-state index contributed by atoms with van der Waals surface area (Å²) in [6.45, 7) is 0. The summed E-state index contributed by atoms with van der Waals surface area (Å²) in [7, 11) is 0. The standard InChI is InChI=1S/C54H62N2O4/c55-46-5-3-42(22-48(46)57)59-50-7-1-38(20-44(50)52-24-32-10-33(25-52)12-34(11-32)26-52)54(40-16-30-9-31(18-40)19-41(54)17-30)39-2-8-51(60-43-4-6-47(56)49(58)23-43)45(21-39)53-27-35-13-36(28-53)15-37(14-35)29-53/h1-8,20-23,30-37,40-41,57-58H,9-19,24-29,55-56H2. The number of nitrogens with two attached hydrogens (primary N) is 2. The van der Waals surface area contributed by atoms with Gasteiger partial charge in [0.1, 0.15) is 34.5 Å². The summed E-state index contributed by atoms with van der Waals surface area (Å²) in [4.78, 5) is 0. The molecule has 0 atom stereocenters. The first-order valence-corrected chi connectivity index (χ1v) is 23.9. The molecule has 12 fully saturated rings. The van der Waals surface area contributed by atoms with Crippen LogP contribution in [-0.4, -0.2) is 10.2 Å². The highest BCUT2D eigenvalue weighted by Gasteiger charge is 2.60. The Hall–Kier alpha value is -4.32. The molecule has 0 aliphatic heterocycles. The zero-order chi connectivity index (χ0) is 40.1. The van der Waals surface area contributed by atoms with Crippen molar-refractivity contribution in [2.75, 3.05) is 11.5 Å². The third-order valence-corrected chi connectivity index (χ3v) is 19.0. The second-order valence-electron chi connectivity index (χ2n) is 22.6. The maximum Gasteiger partial charge on any atom is 0.142 e. The van der Waals surface area contributed by atoms with E-state index < -0.39 is 0 Å². The second-order valence-corrected chi connectivity index (χ2v) is 22.6. The van der Waals surface area contributed by atoms with Crippen LogP contribution in [0.5, 0.6) is 34.5 Å². The first-order chi connectivity index (χ1) is 29.1. The van der Waals surface area contributed by atoms with Gasteiger partial charge in [-0.05, 0) is 227 Å². The third-order valence-electron chi connectivity index (χ3n) is 19.0. The smallest absolute Gasteiger partial charge is 0.142 e. The molecule has 6 nitrogen and oxygen atoms in total. The van der Waals surface area contributed by atoms with E-state index in [2.05, 4.69) is 36.4 Å². The number of nitrogen functional groups attached to an aromatic ring is 2. The van der Waals surface area contributed by atoms with E-state index in [1.165, 1.54) is 131 Å². The van der Waals surface area contributed by atoms with Crippen LogP contribution in [0.1, 0.15) is 131 Å². The Morgan fingerprint density at radius 1 is 0.417 bits per heavy atom. The number of benzene rings is 4. The number of anilines is 2. The van der Waals surface area contributed by atoms with Crippen LogP contribution in [0.25, 0.3) is 0 Å². The lowest BCUT2D eigenvalue weighted by molar-refractivity contribution is -0.0424. The highest BCUT2D eigenvalue weighted by Crippen LogP contribution is 2.69. The second kappa shape index (κ2) is 12.9. The van der Waals surface area contributed by atoms with Crippen molar-refractivity contribution in [1.29, 1.82) is 0 Å². The van der Waals surface area contributed by atoms with E-state index in [0.29, 0.717) is 34.7 Å². The van der Waals surface area contributed by atoms with Crippen LogP contribution < -0.4 is 20.9 Å². The number of rotatable bonds is 8. The minimum atomic E-state index is -0.0858. The highest BCUT2D eigenvalue weighted by molar-refractivity contribution is 5.59. The zero-order valence-corrected chi connectivity index (χ0v) is 35.1. The van der Waals surface area contributed by atoms with Crippen molar-refractivity contribution in [2.45, 2.75) is 125 Å². The summed E-state index contributed by atoms with van der Waals surface area (Å²) in [5.41, 5.74) is 18.9. The van der Waals surface area contributed by atoms with Gasteiger partial charge in [-0.2, -0.15) is 0 Å². The molecule has 12 bridgehead atoms. The maximum atomic E-state index is 10.7. The molecular formula is C54H62N2O4. The van der Waals surface area contributed by atoms with Crippen molar-refractivity contribution in [3.8, 4) is 34.5 Å². The summed E-state index contributed by atoms with van der Waals surface area (Å²) in [6.07, 6.45) is 22.7. The third kappa shape index (κ3) is 5.43. The summed E-state index contributed by atoms with van der Waals surface area (Å²) in [6, 6.07) is 25.8. The first kappa shape index (κ1) is 36.3. The molecule has 12 aliphatic rings. The lowest BCUT2D eigenvalue weighted by atomic mass is 9.41. The predicted octanol–water partition coefficient (Wildman–Crippen LogP) is 12.5. The quantitative estimate of drug-likeness (QED) is 0.104. The highest BCUT2D eigenvalue weighted by atomic mass is 16.5. The Balaban J connectivity index is 0.999. The van der Waals surface area contributed by atoms with Gasteiger partial charge >= 0.3 is 0 Å². The van der Waals surface area contributed by atoms with Gasteiger partial charge in [0, 0.05) is 28.7 Å². The van der Waals surface area contributed by atoms with Crippen molar-refractivity contribution in [3.63, 3.8) is 0 Å². The largest absolute Gasteiger partial charge is 0.506 e. The molecule has 312 valence electrons. The van der Waals surface area contributed by atoms with Crippen molar-refractivity contribution in [2.24, 2.45) is 59.2 Å². The van der Waals surface area contributed by atoms with Crippen LogP contribution in [0.4, 0.5) is 11.4 Å². The summed E-state index contributed by atoms with van der Waals surface area (Å²) in [5, 5.41) is 21.3. The lowest BCUT2D eigenvalue weighted by Gasteiger charge is -2.62. The Bertz CT molecular complexity index is 2150. The monoisotopic (exact) mass is 802 g/mol. The van der Waals surface area contributed by atoms with E-state index in [4.69, 9.17) is 20.9 Å². The number of aromatic hydroxyl groups is 2. The van der Waals surface area contributed by atoms with Crippen molar-refractivity contribution in [3.05, 3.63) is 95.1 Å². The van der Waals surface area contributed by atoms with Gasteiger partial charge in [-0.25, -0.2) is 0 Å². The lowest BCUT2D eigenvalue weighted by Crippen LogP contribution is -2.56. The maximum absolute atomic E-state index is 10.7. The van der Waals surface area contributed by atoms with Crippen LogP contribution in [0, 0.1) is 59.2 Å². The molecule has 4 aromatic carbocycles. The van der Waals surface area contributed by atoms with Gasteiger partial charge in [0.15, 0.2) is 0 Å². The first-order valence-electron chi connectivity index (χ1n) is 23.9. The van der Waals surface area contributed by atoms with E-state index in [9.17, 15) is 10.2 Å². The van der Waals surface area contributed by atoms with Crippen molar-refractivity contribution >= 4 is 11.4 Å². The Labute approximate surface area is 355 Å². The Morgan fingerprint density at radius 2 is 0.767 bits per heavy atom. The number of hydrogen-bond acceptors (Lipinski definition) is 6. The number of phenols is 2. The van der Waals surface area contributed by atoms with E-state index in [0.717, 1.165) is 58.8 Å². The molecule has 6 heteroatoms. The molecule has 0 heterocycles. The van der Waals surface area contributed by atoms with Crippen LogP contribution in [0.3, 0.4) is 0 Å². The molecule has 0 saturated heterocycles. The molecule has 0 aromatic heterocycles. The fourth-order valence-electron chi connectivity index (χ4n) is 17.9. The molecule has 0 spiro atoms. The van der Waals surface area contributed by atoms with Gasteiger partial charge < -0.3 is 31.2 Å². The van der Waals surface area contributed by atoms with Gasteiger partial charge in [-0.1, -0.05) is 24.3 Å². The molecule has 0 amide bonds. The molecular weight excluding hydrogens is 741 g/mol. The molecule has 16 rings (SSSR count). The SMILES string of the molecule is Nc1ccc(Oc2ccc(C3(c4ccc(Oc5ccc(N)c(O)c5)c(C56CC7CC(CC(C7)C5)C6)c4)C4CC5CC(C4)CC3C5)cc2C23CC4CC(CC(C4)C2)C3)cc1O. The van der Waals surface area contributed by atoms with Gasteiger partial charge in [0.25, 0.3) is 0 Å². The van der Waals surface area contributed by atoms with Crippen molar-refractivity contribution in [1.82, 2.24) is 0 Å².